The minimum Gasteiger partial charge on any atom is -0.383 e. The van der Waals surface area contributed by atoms with Crippen molar-refractivity contribution in [2.45, 2.75) is 19.5 Å². The van der Waals surface area contributed by atoms with Gasteiger partial charge in [-0.1, -0.05) is 36.4 Å². The molecule has 4 aromatic rings. The topological polar surface area (TPSA) is 123 Å². The minimum absolute atomic E-state index is 0.0230. The predicted octanol–water partition coefficient (Wildman–Crippen LogP) is 2.73. The summed E-state index contributed by atoms with van der Waals surface area (Å²) < 4.78 is 6.24. The van der Waals surface area contributed by atoms with Crippen LogP contribution in [0.5, 0.6) is 0 Å². The molecule has 0 bridgehead atoms. The second kappa shape index (κ2) is 10.6. The number of rotatable bonds is 9. The summed E-state index contributed by atoms with van der Waals surface area (Å²) in [5.41, 5.74) is 6.21. The highest BCUT2D eigenvalue weighted by molar-refractivity contribution is 7.20. The van der Waals surface area contributed by atoms with Crippen LogP contribution in [-0.2, 0) is 29.0 Å². The standard InChI is InChI=1S/C23H23N5O4S2/c1-32-10-9-27-20(24)19(21(30)26-23(27)31)28(13-15-6-3-2-4-7-15)18(29)12-16-14-34-22(25-16)17-8-5-11-33-17/h2-8,11,14H,9-10,12-13,24H2,1H3,(H,26,30,31). The smallest absolute Gasteiger partial charge is 0.330 e. The number of amides is 1. The Balaban J connectivity index is 1.71. The molecule has 0 radical (unpaired) electrons. The van der Waals surface area contributed by atoms with Gasteiger partial charge in [-0.15, -0.1) is 22.7 Å². The molecule has 0 aliphatic heterocycles. The number of H-pyrrole nitrogens is 1. The first kappa shape index (κ1) is 23.6. The van der Waals surface area contributed by atoms with Crippen LogP contribution in [0, 0.1) is 0 Å². The average molecular weight is 498 g/mol. The maximum absolute atomic E-state index is 13.5. The van der Waals surface area contributed by atoms with Crippen molar-refractivity contribution in [3.8, 4) is 9.88 Å². The third kappa shape index (κ3) is 5.16. The maximum Gasteiger partial charge on any atom is 0.330 e. The molecule has 34 heavy (non-hydrogen) atoms. The van der Waals surface area contributed by atoms with Crippen LogP contribution in [0.1, 0.15) is 11.3 Å². The number of aromatic nitrogens is 3. The van der Waals surface area contributed by atoms with Crippen molar-refractivity contribution in [2.75, 3.05) is 24.4 Å². The summed E-state index contributed by atoms with van der Waals surface area (Å²) in [5.74, 6) is -0.450. The molecule has 1 amide bonds. The number of benzene rings is 1. The molecule has 0 saturated heterocycles. The van der Waals surface area contributed by atoms with Crippen LogP contribution in [0.3, 0.4) is 0 Å². The van der Waals surface area contributed by atoms with Crippen molar-refractivity contribution in [1.29, 1.82) is 0 Å². The molecule has 9 nitrogen and oxygen atoms in total. The molecule has 0 fully saturated rings. The Kier molecular flexibility index (Phi) is 7.36. The van der Waals surface area contributed by atoms with E-state index in [0.717, 1.165) is 15.4 Å². The molecular formula is C23H23N5O4S2. The van der Waals surface area contributed by atoms with Crippen LogP contribution in [0.2, 0.25) is 0 Å². The lowest BCUT2D eigenvalue weighted by Gasteiger charge is -2.24. The van der Waals surface area contributed by atoms with Gasteiger partial charge in [-0.2, -0.15) is 0 Å². The third-order valence-electron chi connectivity index (χ3n) is 5.10. The third-order valence-corrected chi connectivity index (χ3v) is 7.03. The first-order chi connectivity index (χ1) is 16.5. The number of hydrogen-bond donors (Lipinski definition) is 2. The molecular weight excluding hydrogens is 474 g/mol. The van der Waals surface area contributed by atoms with Crippen LogP contribution in [0.25, 0.3) is 9.88 Å². The van der Waals surface area contributed by atoms with E-state index < -0.39 is 11.2 Å². The molecule has 3 N–H and O–H groups in total. The first-order valence-corrected chi connectivity index (χ1v) is 12.2. The number of nitrogens with two attached hydrogens (primary N) is 1. The summed E-state index contributed by atoms with van der Waals surface area (Å²) >= 11 is 3.03. The number of carbonyl (C=O) groups is 1. The van der Waals surface area contributed by atoms with Gasteiger partial charge in [0.15, 0.2) is 5.69 Å². The second-order valence-electron chi connectivity index (χ2n) is 7.40. The van der Waals surface area contributed by atoms with Gasteiger partial charge in [0, 0.05) is 12.5 Å². The number of nitrogen functional groups attached to an aromatic ring is 1. The minimum atomic E-state index is -0.724. The number of aromatic amines is 1. The molecule has 0 unspecified atom stereocenters. The van der Waals surface area contributed by atoms with E-state index in [9.17, 15) is 14.4 Å². The second-order valence-corrected chi connectivity index (χ2v) is 9.21. The summed E-state index contributed by atoms with van der Waals surface area (Å²) in [5, 5.41) is 4.63. The lowest BCUT2D eigenvalue weighted by Crippen LogP contribution is -2.41. The summed E-state index contributed by atoms with van der Waals surface area (Å²) in [6.45, 7) is 0.457. The van der Waals surface area contributed by atoms with Crippen molar-refractivity contribution in [3.63, 3.8) is 0 Å². The number of thiophene rings is 1. The van der Waals surface area contributed by atoms with Gasteiger partial charge in [0.05, 0.1) is 36.7 Å². The molecule has 4 rings (SSSR count). The van der Waals surface area contributed by atoms with Crippen LogP contribution < -0.4 is 21.9 Å². The normalized spacial score (nSPS) is 11.0. The predicted molar refractivity (Wildman–Crippen MR) is 134 cm³/mol. The van der Waals surface area contributed by atoms with E-state index in [1.165, 1.54) is 27.9 Å². The summed E-state index contributed by atoms with van der Waals surface area (Å²) in [6, 6.07) is 13.2. The van der Waals surface area contributed by atoms with Gasteiger partial charge in [-0.3, -0.25) is 24.0 Å². The van der Waals surface area contributed by atoms with Crippen molar-refractivity contribution in [3.05, 3.63) is 85.3 Å². The van der Waals surface area contributed by atoms with Crippen LogP contribution >= 0.6 is 22.7 Å². The van der Waals surface area contributed by atoms with E-state index in [1.807, 2.05) is 53.2 Å². The van der Waals surface area contributed by atoms with E-state index in [4.69, 9.17) is 10.5 Å². The number of carbonyl (C=O) groups excluding carboxylic acids is 1. The fourth-order valence-corrected chi connectivity index (χ4v) is 5.09. The first-order valence-electron chi connectivity index (χ1n) is 10.4. The largest absolute Gasteiger partial charge is 0.383 e. The molecule has 11 heteroatoms. The molecule has 0 aliphatic carbocycles. The molecule has 176 valence electrons. The molecule has 3 aromatic heterocycles. The van der Waals surface area contributed by atoms with E-state index >= 15 is 0 Å². The van der Waals surface area contributed by atoms with Crippen LogP contribution in [0.4, 0.5) is 11.5 Å². The van der Waals surface area contributed by atoms with Gasteiger partial charge >= 0.3 is 5.69 Å². The highest BCUT2D eigenvalue weighted by Crippen LogP contribution is 2.28. The van der Waals surface area contributed by atoms with Crippen molar-refractivity contribution in [2.24, 2.45) is 0 Å². The Labute approximate surface area is 203 Å². The van der Waals surface area contributed by atoms with Gasteiger partial charge in [-0.05, 0) is 17.0 Å². The molecule has 0 aliphatic rings. The Morgan fingerprint density at radius 1 is 1.18 bits per heavy atom. The summed E-state index contributed by atoms with van der Waals surface area (Å²) in [7, 11) is 1.50. The number of thiazole rings is 1. The Morgan fingerprint density at radius 2 is 1.97 bits per heavy atom. The Hall–Kier alpha value is -3.54. The fraction of sp³-hybridized carbons (Fsp3) is 0.217. The quantitative estimate of drug-likeness (QED) is 0.367. The Morgan fingerprint density at radius 3 is 2.68 bits per heavy atom. The molecule has 0 saturated carbocycles. The monoisotopic (exact) mass is 497 g/mol. The van der Waals surface area contributed by atoms with Gasteiger partial charge in [0.1, 0.15) is 10.8 Å². The molecule has 0 spiro atoms. The molecule has 1 aromatic carbocycles. The van der Waals surface area contributed by atoms with Gasteiger partial charge in [0.2, 0.25) is 5.91 Å². The van der Waals surface area contributed by atoms with E-state index in [2.05, 4.69) is 9.97 Å². The summed E-state index contributed by atoms with van der Waals surface area (Å²) in [6.07, 6.45) is -0.0230. The number of hydrogen-bond acceptors (Lipinski definition) is 8. The lowest BCUT2D eigenvalue weighted by atomic mass is 10.2. The lowest BCUT2D eigenvalue weighted by molar-refractivity contribution is -0.118. The maximum atomic E-state index is 13.5. The Bertz CT molecular complexity index is 1380. The fourth-order valence-electron chi connectivity index (χ4n) is 3.45. The SMILES string of the molecule is COCCn1c(N)c(N(Cc2ccccc2)C(=O)Cc2csc(-c3cccs3)n2)c(=O)[nH]c1=O. The number of anilines is 2. The molecule has 3 heterocycles. The van der Waals surface area contributed by atoms with E-state index in [1.54, 1.807) is 11.3 Å². The van der Waals surface area contributed by atoms with Crippen molar-refractivity contribution < 1.29 is 9.53 Å². The van der Waals surface area contributed by atoms with Crippen molar-refractivity contribution in [1.82, 2.24) is 14.5 Å². The highest BCUT2D eigenvalue weighted by atomic mass is 32.1. The van der Waals surface area contributed by atoms with Crippen LogP contribution in [0.15, 0.2) is 62.8 Å². The van der Waals surface area contributed by atoms with Crippen LogP contribution in [-0.4, -0.2) is 34.2 Å². The zero-order chi connectivity index (χ0) is 24.1. The number of nitrogens with zero attached hydrogens (tertiary/aromatic N) is 3. The van der Waals surface area contributed by atoms with E-state index in [0.29, 0.717) is 5.69 Å². The number of methoxy groups -OCH3 is 1. The number of nitrogens with one attached hydrogen (secondary N) is 1. The van der Waals surface area contributed by atoms with Gasteiger partial charge < -0.3 is 10.5 Å². The zero-order valence-electron chi connectivity index (χ0n) is 18.4. The van der Waals surface area contributed by atoms with Crippen molar-refractivity contribution >= 4 is 40.1 Å². The number of ether oxygens (including phenoxy) is 1. The zero-order valence-corrected chi connectivity index (χ0v) is 20.0. The highest BCUT2D eigenvalue weighted by Gasteiger charge is 2.25. The average Bonchev–Trinajstić information content (AvgIpc) is 3.51. The van der Waals surface area contributed by atoms with Gasteiger partial charge in [-0.25, -0.2) is 9.78 Å². The van der Waals surface area contributed by atoms with E-state index in [-0.39, 0.29) is 43.5 Å². The van der Waals surface area contributed by atoms with Gasteiger partial charge in [0.25, 0.3) is 5.56 Å². The molecule has 0 atom stereocenters. The summed E-state index contributed by atoms with van der Waals surface area (Å²) in [4.78, 5) is 47.9.